The van der Waals surface area contributed by atoms with Gasteiger partial charge in [0.2, 0.25) is 0 Å². The van der Waals surface area contributed by atoms with Gasteiger partial charge < -0.3 is 4.90 Å². The molecule has 0 aliphatic carbocycles. The summed E-state index contributed by atoms with van der Waals surface area (Å²) < 4.78 is 1.11. The van der Waals surface area contributed by atoms with Crippen molar-refractivity contribution >= 4 is 21.7 Å². The second-order valence-corrected chi connectivity index (χ2v) is 6.12. The molecule has 2 heterocycles. The smallest absolute Gasteiger partial charge is 0.169 e. The second kappa shape index (κ2) is 5.45. The molecule has 0 saturated heterocycles. The van der Waals surface area contributed by atoms with Gasteiger partial charge in [-0.1, -0.05) is 28.1 Å². The summed E-state index contributed by atoms with van der Waals surface area (Å²) in [5, 5.41) is 17.9. The molecule has 0 radical (unpaired) electrons. The lowest BCUT2D eigenvalue weighted by Gasteiger charge is -2.31. The Morgan fingerprint density at radius 1 is 1.29 bits per heavy atom. The van der Waals surface area contributed by atoms with E-state index < -0.39 is 0 Å². The van der Waals surface area contributed by atoms with E-state index in [9.17, 15) is 5.26 Å². The second-order valence-electron chi connectivity index (χ2n) is 5.27. The van der Waals surface area contributed by atoms with Gasteiger partial charge in [-0.3, -0.25) is 0 Å². The number of aromatic nitrogens is 2. The van der Waals surface area contributed by atoms with Crippen LogP contribution in [-0.4, -0.2) is 16.7 Å². The lowest BCUT2D eigenvalue weighted by molar-refractivity contribution is 0.706. The van der Waals surface area contributed by atoms with Crippen LogP contribution in [0.3, 0.4) is 0 Å². The molecule has 4 nitrogen and oxygen atoms in total. The van der Waals surface area contributed by atoms with Crippen molar-refractivity contribution in [3.63, 3.8) is 0 Å². The minimum absolute atomic E-state index is 0.637. The van der Waals surface area contributed by atoms with E-state index in [2.05, 4.69) is 55.3 Å². The highest BCUT2D eigenvalue weighted by Crippen LogP contribution is 2.30. The van der Waals surface area contributed by atoms with E-state index in [-0.39, 0.29) is 0 Å². The summed E-state index contributed by atoms with van der Waals surface area (Å²) in [6, 6.07) is 8.57. The Bertz CT molecular complexity index is 749. The van der Waals surface area contributed by atoms with Gasteiger partial charge in [-0.2, -0.15) is 10.4 Å². The number of benzene rings is 1. The van der Waals surface area contributed by atoms with Gasteiger partial charge in [0.25, 0.3) is 0 Å². The summed E-state index contributed by atoms with van der Waals surface area (Å²) in [4.78, 5) is 2.14. The van der Waals surface area contributed by atoms with E-state index in [1.807, 2.05) is 13.8 Å². The Balaban J connectivity index is 2.03. The summed E-state index contributed by atoms with van der Waals surface area (Å²) in [7, 11) is 0. The van der Waals surface area contributed by atoms with E-state index in [1.54, 1.807) is 0 Å². The molecule has 0 bridgehead atoms. The van der Waals surface area contributed by atoms with E-state index in [4.69, 9.17) is 0 Å². The van der Waals surface area contributed by atoms with Crippen LogP contribution < -0.4 is 4.90 Å². The van der Waals surface area contributed by atoms with Crippen molar-refractivity contribution in [1.82, 2.24) is 10.2 Å². The summed E-state index contributed by atoms with van der Waals surface area (Å²) in [5.41, 5.74) is 5.00. The third-order valence-electron chi connectivity index (χ3n) is 4.06. The van der Waals surface area contributed by atoms with Crippen LogP contribution in [0.4, 0.5) is 5.82 Å². The lowest BCUT2D eigenvalue weighted by Crippen LogP contribution is -2.32. The summed E-state index contributed by atoms with van der Waals surface area (Å²) in [5.74, 6) is 0.696. The molecule has 106 valence electrons. The standard InChI is InChI=1S/C16H15BrN4/c1-10-11(2)19-20-16(13(10)8-18)21-7-6-12-4-3-5-15(17)14(12)9-21/h3-5H,6-7,9H2,1-2H3. The summed E-state index contributed by atoms with van der Waals surface area (Å²) in [6.07, 6.45) is 0.953. The normalized spacial score (nSPS) is 13.7. The fourth-order valence-corrected chi connectivity index (χ4v) is 3.20. The maximum absolute atomic E-state index is 9.45. The SMILES string of the molecule is Cc1nnc(N2CCc3cccc(Br)c3C2)c(C#N)c1C. The van der Waals surface area contributed by atoms with Crippen LogP contribution in [0.15, 0.2) is 22.7 Å². The molecule has 0 spiro atoms. The molecule has 1 aromatic carbocycles. The monoisotopic (exact) mass is 342 g/mol. The largest absolute Gasteiger partial charge is 0.349 e. The van der Waals surface area contributed by atoms with Crippen molar-refractivity contribution < 1.29 is 0 Å². The van der Waals surface area contributed by atoms with Gasteiger partial charge in [-0.05, 0) is 43.0 Å². The Hall–Kier alpha value is -1.93. The molecular weight excluding hydrogens is 328 g/mol. The Morgan fingerprint density at radius 2 is 2.10 bits per heavy atom. The first-order chi connectivity index (χ1) is 10.1. The lowest BCUT2D eigenvalue weighted by atomic mass is 9.99. The molecule has 2 aromatic rings. The first-order valence-electron chi connectivity index (χ1n) is 6.87. The average molecular weight is 343 g/mol. The first kappa shape index (κ1) is 14.0. The van der Waals surface area contributed by atoms with E-state index >= 15 is 0 Å². The molecule has 21 heavy (non-hydrogen) atoms. The van der Waals surface area contributed by atoms with Gasteiger partial charge >= 0.3 is 0 Å². The third kappa shape index (κ3) is 2.40. The Labute approximate surface area is 132 Å². The van der Waals surface area contributed by atoms with Crippen LogP contribution >= 0.6 is 15.9 Å². The molecular formula is C16H15BrN4. The maximum atomic E-state index is 9.45. The highest BCUT2D eigenvalue weighted by atomic mass is 79.9. The Kier molecular flexibility index (Phi) is 3.64. The minimum Gasteiger partial charge on any atom is -0.349 e. The van der Waals surface area contributed by atoms with Crippen molar-refractivity contribution in [2.75, 3.05) is 11.4 Å². The van der Waals surface area contributed by atoms with Crippen LogP contribution in [-0.2, 0) is 13.0 Å². The molecule has 0 fully saturated rings. The van der Waals surface area contributed by atoms with E-state index in [0.717, 1.165) is 35.2 Å². The molecule has 5 heteroatoms. The summed E-state index contributed by atoms with van der Waals surface area (Å²) in [6.45, 7) is 5.42. The topological polar surface area (TPSA) is 52.8 Å². The zero-order valence-electron chi connectivity index (χ0n) is 12.0. The number of aryl methyl sites for hydroxylation is 1. The quantitative estimate of drug-likeness (QED) is 0.797. The molecule has 0 unspecified atom stereocenters. The van der Waals surface area contributed by atoms with Crippen LogP contribution in [0.5, 0.6) is 0 Å². The Morgan fingerprint density at radius 3 is 2.86 bits per heavy atom. The van der Waals surface area contributed by atoms with Crippen LogP contribution in [0, 0.1) is 25.2 Å². The molecule has 3 rings (SSSR count). The van der Waals surface area contributed by atoms with Gasteiger partial charge in [-0.25, -0.2) is 0 Å². The number of hydrogen-bond donors (Lipinski definition) is 0. The van der Waals surface area contributed by atoms with Crippen molar-refractivity contribution in [3.8, 4) is 6.07 Å². The van der Waals surface area contributed by atoms with Crippen LogP contribution in [0.25, 0.3) is 0 Å². The predicted molar refractivity (Wildman–Crippen MR) is 85.1 cm³/mol. The highest BCUT2D eigenvalue weighted by Gasteiger charge is 2.23. The number of anilines is 1. The van der Waals surface area contributed by atoms with Crippen molar-refractivity contribution in [3.05, 3.63) is 50.6 Å². The number of fused-ring (bicyclic) bond motifs is 1. The van der Waals surface area contributed by atoms with Gasteiger partial charge in [0, 0.05) is 17.6 Å². The molecule has 0 atom stereocenters. The number of nitriles is 1. The maximum Gasteiger partial charge on any atom is 0.169 e. The van der Waals surface area contributed by atoms with E-state index in [1.165, 1.54) is 11.1 Å². The van der Waals surface area contributed by atoms with Crippen molar-refractivity contribution in [2.24, 2.45) is 0 Å². The van der Waals surface area contributed by atoms with Crippen LogP contribution in [0.1, 0.15) is 27.9 Å². The van der Waals surface area contributed by atoms with Gasteiger partial charge in [0.15, 0.2) is 5.82 Å². The zero-order chi connectivity index (χ0) is 15.0. The van der Waals surface area contributed by atoms with Gasteiger partial charge in [0.05, 0.1) is 5.69 Å². The first-order valence-corrected chi connectivity index (χ1v) is 7.66. The molecule has 0 amide bonds. The number of halogens is 1. The third-order valence-corrected chi connectivity index (χ3v) is 4.81. The molecule has 0 N–H and O–H groups in total. The van der Waals surface area contributed by atoms with Gasteiger partial charge in [0.1, 0.15) is 11.6 Å². The number of hydrogen-bond acceptors (Lipinski definition) is 4. The van der Waals surface area contributed by atoms with E-state index in [0.29, 0.717) is 11.4 Å². The molecule has 1 aliphatic heterocycles. The minimum atomic E-state index is 0.637. The summed E-state index contributed by atoms with van der Waals surface area (Å²) >= 11 is 3.62. The van der Waals surface area contributed by atoms with Crippen LogP contribution in [0.2, 0.25) is 0 Å². The number of rotatable bonds is 1. The number of nitrogens with zero attached hydrogens (tertiary/aromatic N) is 4. The average Bonchev–Trinajstić information content (AvgIpc) is 2.50. The van der Waals surface area contributed by atoms with Gasteiger partial charge in [-0.15, -0.1) is 5.10 Å². The molecule has 1 aliphatic rings. The molecule has 0 saturated carbocycles. The molecule has 1 aromatic heterocycles. The fourth-order valence-electron chi connectivity index (χ4n) is 2.67. The zero-order valence-corrected chi connectivity index (χ0v) is 13.6. The van der Waals surface area contributed by atoms with Crippen molar-refractivity contribution in [1.29, 1.82) is 5.26 Å². The fraction of sp³-hybridized carbons (Fsp3) is 0.312. The predicted octanol–water partition coefficient (Wildman–Crippen LogP) is 3.29. The highest BCUT2D eigenvalue weighted by molar-refractivity contribution is 9.10. The van der Waals surface area contributed by atoms with Crippen molar-refractivity contribution in [2.45, 2.75) is 26.8 Å².